The van der Waals surface area contributed by atoms with E-state index >= 15 is 0 Å². The van der Waals surface area contributed by atoms with E-state index in [0.29, 0.717) is 0 Å². The lowest BCUT2D eigenvalue weighted by Crippen LogP contribution is -2.42. The molecule has 2 rings (SSSR count). The van der Waals surface area contributed by atoms with Gasteiger partial charge in [-0.05, 0) is 25.1 Å². The molecule has 1 unspecified atom stereocenters. The summed E-state index contributed by atoms with van der Waals surface area (Å²) in [6.45, 7) is 0.184. The maximum absolute atomic E-state index is 12.7. The van der Waals surface area contributed by atoms with Crippen molar-refractivity contribution in [3.05, 3.63) is 48.8 Å². The standard InChI is InChI=1S/C14H14F3N3O/c1-11(20-9-5-8-18-20)13(21)19(10-14(15,16)17)12-6-3-2-4-7-12/h2-9,11H,10H2,1H3. The highest BCUT2D eigenvalue weighted by molar-refractivity contribution is 5.95. The van der Waals surface area contributed by atoms with Gasteiger partial charge in [0.05, 0.1) is 0 Å². The van der Waals surface area contributed by atoms with Crippen molar-refractivity contribution < 1.29 is 18.0 Å². The number of halogens is 3. The van der Waals surface area contributed by atoms with Gasteiger partial charge < -0.3 is 4.90 Å². The zero-order valence-corrected chi connectivity index (χ0v) is 11.3. The quantitative estimate of drug-likeness (QED) is 0.870. The molecule has 0 fully saturated rings. The summed E-state index contributed by atoms with van der Waals surface area (Å²) in [5.74, 6) is -0.665. The third-order valence-corrected chi connectivity index (χ3v) is 2.95. The van der Waals surface area contributed by atoms with E-state index in [1.54, 1.807) is 30.5 Å². The van der Waals surface area contributed by atoms with Crippen LogP contribution >= 0.6 is 0 Å². The van der Waals surface area contributed by atoms with Gasteiger partial charge in [-0.1, -0.05) is 18.2 Å². The van der Waals surface area contributed by atoms with Gasteiger partial charge in [-0.2, -0.15) is 18.3 Å². The number of aromatic nitrogens is 2. The Labute approximate surface area is 119 Å². The lowest BCUT2D eigenvalue weighted by molar-refractivity contribution is -0.134. The number of alkyl halides is 3. The average molecular weight is 297 g/mol. The Hall–Kier alpha value is -2.31. The van der Waals surface area contributed by atoms with Gasteiger partial charge in [-0.15, -0.1) is 0 Å². The molecular formula is C14H14F3N3O. The lowest BCUT2D eigenvalue weighted by Gasteiger charge is -2.27. The van der Waals surface area contributed by atoms with Crippen molar-refractivity contribution in [2.45, 2.75) is 19.1 Å². The van der Waals surface area contributed by atoms with E-state index < -0.39 is 24.7 Å². The number of hydrogen-bond acceptors (Lipinski definition) is 2. The molecule has 112 valence electrons. The van der Waals surface area contributed by atoms with E-state index in [9.17, 15) is 18.0 Å². The Morgan fingerprint density at radius 3 is 2.48 bits per heavy atom. The van der Waals surface area contributed by atoms with Crippen LogP contribution < -0.4 is 4.90 Å². The Kier molecular flexibility index (Phi) is 4.30. The van der Waals surface area contributed by atoms with Gasteiger partial charge in [0.15, 0.2) is 0 Å². The first-order valence-corrected chi connectivity index (χ1v) is 6.31. The predicted octanol–water partition coefficient (Wildman–Crippen LogP) is 3.04. The molecule has 0 spiro atoms. The molecule has 0 radical (unpaired) electrons. The largest absolute Gasteiger partial charge is 0.406 e. The summed E-state index contributed by atoms with van der Waals surface area (Å²) in [7, 11) is 0. The van der Waals surface area contributed by atoms with Crippen LogP contribution in [0.15, 0.2) is 48.8 Å². The van der Waals surface area contributed by atoms with E-state index in [4.69, 9.17) is 0 Å². The van der Waals surface area contributed by atoms with Crippen molar-refractivity contribution in [3.8, 4) is 0 Å². The monoisotopic (exact) mass is 297 g/mol. The van der Waals surface area contributed by atoms with Gasteiger partial charge in [0.1, 0.15) is 12.6 Å². The van der Waals surface area contributed by atoms with E-state index in [2.05, 4.69) is 5.10 Å². The Morgan fingerprint density at radius 2 is 1.95 bits per heavy atom. The Bertz CT molecular complexity index is 581. The summed E-state index contributed by atoms with van der Waals surface area (Å²) in [5.41, 5.74) is 0.207. The second-order valence-electron chi connectivity index (χ2n) is 4.54. The number of nitrogens with zero attached hydrogens (tertiary/aromatic N) is 3. The molecule has 1 amide bonds. The van der Waals surface area contributed by atoms with Crippen molar-refractivity contribution in [2.24, 2.45) is 0 Å². The fraction of sp³-hybridized carbons (Fsp3) is 0.286. The van der Waals surface area contributed by atoms with E-state index in [1.807, 2.05) is 0 Å². The minimum atomic E-state index is -4.48. The molecule has 0 aliphatic heterocycles. The van der Waals surface area contributed by atoms with Gasteiger partial charge in [0.25, 0.3) is 5.91 Å². The smallest absolute Gasteiger partial charge is 0.301 e. The number of carbonyl (C=O) groups excluding carboxylic acids is 1. The molecule has 4 nitrogen and oxygen atoms in total. The summed E-state index contributed by atoms with van der Waals surface area (Å²) >= 11 is 0. The molecule has 2 aromatic rings. The minimum absolute atomic E-state index is 0.207. The minimum Gasteiger partial charge on any atom is -0.301 e. The molecule has 0 bridgehead atoms. The molecule has 0 aliphatic carbocycles. The molecule has 0 aliphatic rings. The first-order valence-electron chi connectivity index (χ1n) is 6.31. The fourth-order valence-electron chi connectivity index (χ4n) is 1.93. The van der Waals surface area contributed by atoms with Gasteiger partial charge >= 0.3 is 6.18 Å². The molecule has 21 heavy (non-hydrogen) atoms. The number of para-hydroxylation sites is 1. The zero-order chi connectivity index (χ0) is 15.5. The number of benzene rings is 1. The number of hydrogen-bond donors (Lipinski definition) is 0. The van der Waals surface area contributed by atoms with Crippen molar-refractivity contribution in [1.82, 2.24) is 9.78 Å². The fourth-order valence-corrected chi connectivity index (χ4v) is 1.93. The third kappa shape index (κ3) is 3.84. The predicted molar refractivity (Wildman–Crippen MR) is 71.8 cm³/mol. The Balaban J connectivity index is 2.29. The molecule has 0 saturated heterocycles. The normalized spacial score (nSPS) is 13.0. The number of carbonyl (C=O) groups is 1. The molecule has 7 heteroatoms. The zero-order valence-electron chi connectivity index (χ0n) is 11.3. The number of anilines is 1. The van der Waals surface area contributed by atoms with E-state index in [1.165, 1.54) is 29.9 Å². The van der Waals surface area contributed by atoms with Crippen molar-refractivity contribution >= 4 is 11.6 Å². The second kappa shape index (κ2) is 5.99. The van der Waals surface area contributed by atoms with Crippen LogP contribution in [0.4, 0.5) is 18.9 Å². The van der Waals surface area contributed by atoms with E-state index in [-0.39, 0.29) is 5.69 Å². The van der Waals surface area contributed by atoms with Crippen LogP contribution in [0.1, 0.15) is 13.0 Å². The van der Waals surface area contributed by atoms with Crippen LogP contribution in [0.25, 0.3) is 0 Å². The lowest BCUT2D eigenvalue weighted by atomic mass is 10.2. The summed E-state index contributed by atoms with van der Waals surface area (Å²) < 4.78 is 39.6. The second-order valence-corrected chi connectivity index (χ2v) is 4.54. The van der Waals surface area contributed by atoms with Crippen LogP contribution in [0.5, 0.6) is 0 Å². The molecule has 1 aromatic heterocycles. The summed E-state index contributed by atoms with van der Waals surface area (Å²) in [6, 6.07) is 8.59. The first-order chi connectivity index (χ1) is 9.88. The highest BCUT2D eigenvalue weighted by atomic mass is 19.4. The average Bonchev–Trinajstić information content (AvgIpc) is 2.97. The van der Waals surface area contributed by atoms with Gasteiger partial charge in [-0.3, -0.25) is 9.48 Å². The summed E-state index contributed by atoms with van der Waals surface area (Å²) in [5, 5.41) is 3.90. The molecule has 0 saturated carbocycles. The van der Waals surface area contributed by atoms with Crippen LogP contribution in [0.3, 0.4) is 0 Å². The Morgan fingerprint density at radius 1 is 1.29 bits per heavy atom. The highest BCUT2D eigenvalue weighted by Crippen LogP contribution is 2.24. The molecule has 1 aromatic carbocycles. The molecule has 0 N–H and O–H groups in total. The van der Waals surface area contributed by atoms with Gasteiger partial charge in [-0.25, -0.2) is 0 Å². The first kappa shape index (κ1) is 15.1. The third-order valence-electron chi connectivity index (χ3n) is 2.95. The topological polar surface area (TPSA) is 38.1 Å². The van der Waals surface area contributed by atoms with Crippen molar-refractivity contribution in [3.63, 3.8) is 0 Å². The van der Waals surface area contributed by atoms with E-state index in [0.717, 1.165) is 4.90 Å². The van der Waals surface area contributed by atoms with Crippen molar-refractivity contribution in [2.75, 3.05) is 11.4 Å². The van der Waals surface area contributed by atoms with Crippen LogP contribution in [-0.2, 0) is 4.79 Å². The van der Waals surface area contributed by atoms with Gasteiger partial charge in [0, 0.05) is 18.1 Å². The van der Waals surface area contributed by atoms with Crippen LogP contribution in [0.2, 0.25) is 0 Å². The maximum atomic E-state index is 12.7. The molecule has 1 heterocycles. The SMILES string of the molecule is CC(C(=O)N(CC(F)(F)F)c1ccccc1)n1cccn1. The van der Waals surface area contributed by atoms with Crippen LogP contribution in [-0.4, -0.2) is 28.4 Å². The van der Waals surface area contributed by atoms with Crippen LogP contribution in [0, 0.1) is 0 Å². The number of rotatable bonds is 4. The summed E-state index contributed by atoms with van der Waals surface area (Å²) in [6.07, 6.45) is -1.46. The summed E-state index contributed by atoms with van der Waals surface area (Å²) in [4.78, 5) is 13.1. The maximum Gasteiger partial charge on any atom is 0.406 e. The highest BCUT2D eigenvalue weighted by Gasteiger charge is 2.35. The molecule has 1 atom stereocenters. The van der Waals surface area contributed by atoms with Crippen molar-refractivity contribution in [1.29, 1.82) is 0 Å². The number of amides is 1. The molecular weight excluding hydrogens is 283 g/mol. The van der Waals surface area contributed by atoms with Gasteiger partial charge in [0.2, 0.25) is 0 Å².